The van der Waals surface area contributed by atoms with Crippen LogP contribution in [-0.4, -0.2) is 58.2 Å². The van der Waals surface area contributed by atoms with Gasteiger partial charge in [-0.05, 0) is 34.2 Å². The van der Waals surface area contributed by atoms with Crippen molar-refractivity contribution in [3.63, 3.8) is 0 Å². The zero-order chi connectivity index (χ0) is 24.9. The van der Waals surface area contributed by atoms with Gasteiger partial charge in [-0.15, -0.1) is 0 Å². The van der Waals surface area contributed by atoms with Crippen LogP contribution in [-0.2, 0) is 18.7 Å². The fourth-order valence-electron chi connectivity index (χ4n) is 5.23. The van der Waals surface area contributed by atoms with Crippen molar-refractivity contribution in [2.24, 2.45) is 5.92 Å². The Labute approximate surface area is 204 Å². The first-order valence-electron chi connectivity index (χ1n) is 11.9. The molecule has 1 saturated heterocycles. The molecule has 0 N–H and O–H groups in total. The molecule has 6 nitrogen and oxygen atoms in total. The third-order valence-electron chi connectivity index (χ3n) is 6.92. The number of ether oxygens (including phenoxy) is 2. The van der Waals surface area contributed by atoms with Gasteiger partial charge in [-0.2, -0.15) is 0 Å². The normalized spacial score (nSPS) is 21.1. The van der Waals surface area contributed by atoms with Gasteiger partial charge in [0, 0.05) is 0 Å². The smallest absolute Gasteiger partial charge is 0.410 e. The molecule has 0 saturated carbocycles. The lowest BCUT2D eigenvalue weighted by Gasteiger charge is -2.47. The number of amides is 1. The summed E-state index contributed by atoms with van der Waals surface area (Å²) >= 11 is 0. The molecule has 1 aliphatic heterocycles. The van der Waals surface area contributed by atoms with Crippen LogP contribution in [0.1, 0.15) is 40.5 Å². The number of rotatable bonds is 6. The number of benzene rings is 2. The summed E-state index contributed by atoms with van der Waals surface area (Å²) in [6, 6.07) is 19.8. The van der Waals surface area contributed by atoms with Crippen molar-refractivity contribution < 1.29 is 23.5 Å². The zero-order valence-corrected chi connectivity index (χ0v) is 22.1. The highest BCUT2D eigenvalue weighted by atomic mass is 28.4. The van der Waals surface area contributed by atoms with Gasteiger partial charge in [0.1, 0.15) is 6.04 Å². The van der Waals surface area contributed by atoms with Gasteiger partial charge in [0.05, 0.1) is 26.9 Å². The summed E-state index contributed by atoms with van der Waals surface area (Å²) < 4.78 is 17.2. The number of hydrogen-bond acceptors (Lipinski definition) is 5. The predicted octanol–water partition coefficient (Wildman–Crippen LogP) is 3.97. The molecule has 1 fully saturated rings. The van der Waals surface area contributed by atoms with Crippen molar-refractivity contribution in [2.75, 3.05) is 20.8 Å². The third-order valence-corrected chi connectivity index (χ3v) is 11.9. The summed E-state index contributed by atoms with van der Waals surface area (Å²) in [7, 11) is -0.0799. The van der Waals surface area contributed by atoms with Crippen LogP contribution in [0.4, 0.5) is 4.79 Å². The molecule has 3 atom stereocenters. The van der Waals surface area contributed by atoms with Crippen LogP contribution in [0.25, 0.3) is 0 Å². The van der Waals surface area contributed by atoms with E-state index in [1.54, 1.807) is 0 Å². The minimum absolute atomic E-state index is 0.0318. The molecule has 184 valence electrons. The maximum Gasteiger partial charge on any atom is 0.410 e. The van der Waals surface area contributed by atoms with E-state index in [4.69, 9.17) is 13.9 Å². The highest BCUT2D eigenvalue weighted by Gasteiger charge is 2.51. The molecule has 1 aliphatic rings. The number of nitrogens with zero attached hydrogens (tertiary/aromatic N) is 1. The van der Waals surface area contributed by atoms with Crippen molar-refractivity contribution >= 4 is 30.8 Å². The standard InChI is InChI=1S/C27H37NO5Si/c1-20-17-18-21(28(26(30)32-6)24(20)25(29)31-5)19-33-34(27(2,3)4,22-13-9-7-10-14-22)23-15-11-8-12-16-23/h7-16,20-21,24H,17-19H2,1-6H3/t20-,21+,24-/m1/s1. The topological polar surface area (TPSA) is 65.1 Å². The molecule has 0 aliphatic carbocycles. The van der Waals surface area contributed by atoms with E-state index in [1.165, 1.54) is 29.5 Å². The largest absolute Gasteiger partial charge is 0.467 e. The summed E-state index contributed by atoms with van der Waals surface area (Å²) in [5.74, 6) is -0.455. The molecular formula is C27H37NO5Si. The van der Waals surface area contributed by atoms with Crippen molar-refractivity contribution in [2.45, 2.75) is 57.7 Å². The van der Waals surface area contributed by atoms with Gasteiger partial charge >= 0.3 is 12.1 Å². The number of carbonyl (C=O) groups excluding carboxylic acids is 2. The fourth-order valence-corrected chi connectivity index (χ4v) is 9.83. The summed E-state index contributed by atoms with van der Waals surface area (Å²) in [6.45, 7) is 8.94. The molecule has 1 heterocycles. The Balaban J connectivity index is 2.05. The van der Waals surface area contributed by atoms with Crippen LogP contribution >= 0.6 is 0 Å². The Morgan fingerprint density at radius 2 is 1.44 bits per heavy atom. The van der Waals surface area contributed by atoms with Crippen LogP contribution in [0.3, 0.4) is 0 Å². The molecule has 3 rings (SSSR count). The lowest BCUT2D eigenvalue weighted by molar-refractivity contribution is -0.151. The van der Waals surface area contributed by atoms with Crippen molar-refractivity contribution in [1.82, 2.24) is 4.90 Å². The minimum atomic E-state index is -2.78. The van der Waals surface area contributed by atoms with Gasteiger partial charge in [0.2, 0.25) is 0 Å². The van der Waals surface area contributed by atoms with Crippen molar-refractivity contribution in [3.05, 3.63) is 60.7 Å². The number of methoxy groups -OCH3 is 2. The van der Waals surface area contributed by atoms with E-state index >= 15 is 0 Å². The van der Waals surface area contributed by atoms with Crippen LogP contribution in [0.5, 0.6) is 0 Å². The van der Waals surface area contributed by atoms with Crippen LogP contribution in [0.2, 0.25) is 5.04 Å². The highest BCUT2D eigenvalue weighted by molar-refractivity contribution is 6.99. The Bertz CT molecular complexity index is 920. The SMILES string of the molecule is COC(=O)[C@H]1[C@H](C)CC[C@@H](CO[Si](c2ccccc2)(c2ccccc2)C(C)(C)C)N1C(=O)OC. The monoisotopic (exact) mass is 483 g/mol. The number of likely N-dealkylation sites (tertiary alicyclic amines) is 1. The molecule has 0 bridgehead atoms. The second-order valence-electron chi connectivity index (χ2n) is 10.0. The molecule has 7 heteroatoms. The van der Waals surface area contributed by atoms with E-state index in [9.17, 15) is 9.59 Å². The molecule has 0 unspecified atom stereocenters. The fraction of sp³-hybridized carbons (Fsp3) is 0.481. The molecule has 34 heavy (non-hydrogen) atoms. The maximum absolute atomic E-state index is 12.9. The quantitative estimate of drug-likeness (QED) is 0.460. The lowest BCUT2D eigenvalue weighted by atomic mass is 9.87. The number of carbonyl (C=O) groups is 2. The Morgan fingerprint density at radius 3 is 1.88 bits per heavy atom. The predicted molar refractivity (Wildman–Crippen MR) is 136 cm³/mol. The van der Waals surface area contributed by atoms with Gasteiger partial charge < -0.3 is 13.9 Å². The Morgan fingerprint density at radius 1 is 0.912 bits per heavy atom. The second-order valence-corrected chi connectivity index (χ2v) is 14.3. The maximum atomic E-state index is 12.9. The van der Waals surface area contributed by atoms with E-state index in [0.29, 0.717) is 6.61 Å². The number of esters is 1. The summed E-state index contributed by atoms with van der Waals surface area (Å²) in [5, 5.41) is 2.16. The van der Waals surface area contributed by atoms with Crippen LogP contribution in [0, 0.1) is 5.92 Å². The van der Waals surface area contributed by atoms with Crippen LogP contribution in [0.15, 0.2) is 60.7 Å². The number of hydrogen-bond donors (Lipinski definition) is 0. The first-order valence-corrected chi connectivity index (χ1v) is 13.8. The first kappa shape index (κ1) is 26.0. The van der Waals surface area contributed by atoms with E-state index in [2.05, 4.69) is 45.0 Å². The van der Waals surface area contributed by atoms with Gasteiger partial charge in [0.25, 0.3) is 8.32 Å². The van der Waals surface area contributed by atoms with Crippen LogP contribution < -0.4 is 10.4 Å². The molecule has 0 aromatic heterocycles. The molecular weight excluding hydrogens is 446 g/mol. The molecule has 2 aromatic carbocycles. The van der Waals surface area contributed by atoms with E-state index in [1.807, 2.05) is 43.3 Å². The number of piperidine rings is 1. The summed E-state index contributed by atoms with van der Waals surface area (Å²) in [6.07, 6.45) is 0.988. The second kappa shape index (κ2) is 10.7. The Hall–Kier alpha value is -2.64. The van der Waals surface area contributed by atoms with E-state index in [-0.39, 0.29) is 17.0 Å². The zero-order valence-electron chi connectivity index (χ0n) is 21.1. The average Bonchev–Trinajstić information content (AvgIpc) is 2.84. The van der Waals surface area contributed by atoms with Gasteiger partial charge in [-0.1, -0.05) is 88.4 Å². The van der Waals surface area contributed by atoms with Crippen molar-refractivity contribution in [3.8, 4) is 0 Å². The third kappa shape index (κ3) is 4.91. The first-order chi connectivity index (χ1) is 16.2. The minimum Gasteiger partial charge on any atom is -0.467 e. The van der Waals surface area contributed by atoms with E-state index < -0.39 is 26.4 Å². The van der Waals surface area contributed by atoms with Gasteiger partial charge in [-0.25, -0.2) is 9.59 Å². The summed E-state index contributed by atoms with van der Waals surface area (Å²) in [4.78, 5) is 27.1. The van der Waals surface area contributed by atoms with Gasteiger partial charge in [0.15, 0.2) is 0 Å². The lowest BCUT2D eigenvalue weighted by Crippen LogP contribution is -2.68. The molecule has 1 amide bonds. The Kier molecular flexibility index (Phi) is 8.20. The highest BCUT2D eigenvalue weighted by Crippen LogP contribution is 2.38. The molecule has 2 aromatic rings. The average molecular weight is 484 g/mol. The van der Waals surface area contributed by atoms with Gasteiger partial charge in [-0.3, -0.25) is 4.90 Å². The summed E-state index contributed by atoms with van der Waals surface area (Å²) in [5.41, 5.74) is 0. The molecule has 0 radical (unpaired) electrons. The van der Waals surface area contributed by atoms with E-state index in [0.717, 1.165) is 12.8 Å². The molecule has 0 spiro atoms. The van der Waals surface area contributed by atoms with Crippen molar-refractivity contribution in [1.29, 1.82) is 0 Å².